The van der Waals surface area contributed by atoms with E-state index in [1.165, 1.54) is 7.11 Å². The van der Waals surface area contributed by atoms with Crippen molar-refractivity contribution >= 4 is 11.6 Å². The van der Waals surface area contributed by atoms with Crippen molar-refractivity contribution in [2.24, 2.45) is 0 Å². The van der Waals surface area contributed by atoms with Crippen molar-refractivity contribution < 1.29 is 9.84 Å². The predicted molar refractivity (Wildman–Crippen MR) is 77.3 cm³/mol. The van der Waals surface area contributed by atoms with E-state index in [4.69, 9.17) is 16.3 Å². The minimum absolute atomic E-state index is 0.0232. The van der Waals surface area contributed by atoms with Crippen molar-refractivity contribution in [2.45, 2.75) is 12.8 Å². The van der Waals surface area contributed by atoms with Gasteiger partial charge in [-0.05, 0) is 37.1 Å². The zero-order valence-electron chi connectivity index (χ0n) is 11.3. The summed E-state index contributed by atoms with van der Waals surface area (Å²) in [4.78, 5) is 2.47. The molecule has 1 fully saturated rings. The lowest BCUT2D eigenvalue weighted by Crippen LogP contribution is -2.43. The second kappa shape index (κ2) is 6.98. The van der Waals surface area contributed by atoms with Gasteiger partial charge in [-0.25, -0.2) is 0 Å². The van der Waals surface area contributed by atoms with E-state index < -0.39 is 0 Å². The highest BCUT2D eigenvalue weighted by Crippen LogP contribution is 2.35. The average molecular weight is 285 g/mol. The first-order valence-corrected chi connectivity index (χ1v) is 7.07. The van der Waals surface area contributed by atoms with Crippen LogP contribution in [0.5, 0.6) is 11.5 Å². The molecule has 0 bridgehead atoms. The van der Waals surface area contributed by atoms with Crippen molar-refractivity contribution in [1.29, 1.82) is 0 Å². The molecular formula is C14H21ClN2O2. The normalized spacial score (nSPS) is 16.5. The quantitative estimate of drug-likeness (QED) is 0.867. The molecule has 0 atom stereocenters. The van der Waals surface area contributed by atoms with Crippen molar-refractivity contribution in [2.75, 3.05) is 39.8 Å². The number of aryl methyl sites for hydroxylation is 1. The fourth-order valence-corrected chi connectivity index (χ4v) is 2.60. The molecule has 0 amide bonds. The SMILES string of the molecule is COc1cc(CCCN2CCNCC2)cc(Cl)c1O. The number of aromatic hydroxyl groups is 1. The first-order valence-electron chi connectivity index (χ1n) is 6.69. The number of phenols is 1. The number of hydrogen-bond donors (Lipinski definition) is 2. The highest BCUT2D eigenvalue weighted by atomic mass is 35.5. The topological polar surface area (TPSA) is 44.7 Å². The van der Waals surface area contributed by atoms with Gasteiger partial charge < -0.3 is 20.1 Å². The van der Waals surface area contributed by atoms with Crippen LogP contribution in [0.3, 0.4) is 0 Å². The summed E-state index contributed by atoms with van der Waals surface area (Å²) in [7, 11) is 1.54. The number of phenolic OH excluding ortho intramolecular Hbond substituents is 1. The molecule has 1 aliphatic heterocycles. The van der Waals surface area contributed by atoms with Crippen LogP contribution in [0.4, 0.5) is 0 Å². The molecule has 5 heteroatoms. The Morgan fingerprint density at radius 2 is 2.11 bits per heavy atom. The third-order valence-corrected chi connectivity index (χ3v) is 3.75. The zero-order chi connectivity index (χ0) is 13.7. The van der Waals surface area contributed by atoms with Gasteiger partial charge in [0.2, 0.25) is 0 Å². The monoisotopic (exact) mass is 284 g/mol. The van der Waals surface area contributed by atoms with Gasteiger partial charge in [0.15, 0.2) is 11.5 Å². The Labute approximate surface area is 119 Å². The second-order valence-electron chi connectivity index (χ2n) is 4.82. The number of ether oxygens (including phenoxy) is 1. The summed E-state index contributed by atoms with van der Waals surface area (Å²) in [6, 6.07) is 3.68. The van der Waals surface area contributed by atoms with E-state index in [0.29, 0.717) is 10.8 Å². The molecule has 2 rings (SSSR count). The van der Waals surface area contributed by atoms with Gasteiger partial charge in [0.1, 0.15) is 0 Å². The molecule has 0 unspecified atom stereocenters. The van der Waals surface area contributed by atoms with Crippen LogP contribution in [0.2, 0.25) is 5.02 Å². The zero-order valence-corrected chi connectivity index (χ0v) is 12.0. The predicted octanol–water partition coefficient (Wildman–Crippen LogP) is 1.89. The van der Waals surface area contributed by atoms with E-state index >= 15 is 0 Å². The lowest BCUT2D eigenvalue weighted by Gasteiger charge is -2.27. The Hall–Kier alpha value is -0.970. The van der Waals surface area contributed by atoms with E-state index in [9.17, 15) is 5.11 Å². The Morgan fingerprint density at radius 1 is 1.37 bits per heavy atom. The molecule has 1 aliphatic rings. The maximum Gasteiger partial charge on any atom is 0.176 e. The van der Waals surface area contributed by atoms with Gasteiger partial charge in [0, 0.05) is 26.2 Å². The number of benzene rings is 1. The molecule has 0 aliphatic carbocycles. The van der Waals surface area contributed by atoms with Gasteiger partial charge in [0.05, 0.1) is 12.1 Å². The van der Waals surface area contributed by atoms with Crippen LogP contribution in [-0.2, 0) is 6.42 Å². The minimum atomic E-state index is 0.0232. The Bertz CT molecular complexity index is 420. The molecule has 1 aromatic carbocycles. The van der Waals surface area contributed by atoms with Crippen molar-refractivity contribution in [3.63, 3.8) is 0 Å². The van der Waals surface area contributed by atoms with E-state index in [2.05, 4.69) is 10.2 Å². The van der Waals surface area contributed by atoms with Crippen LogP contribution in [0.1, 0.15) is 12.0 Å². The molecule has 0 spiro atoms. The number of methoxy groups -OCH3 is 1. The number of nitrogens with zero attached hydrogens (tertiary/aromatic N) is 1. The number of halogens is 1. The van der Waals surface area contributed by atoms with Crippen molar-refractivity contribution in [3.05, 3.63) is 22.7 Å². The largest absolute Gasteiger partial charge is 0.503 e. The lowest BCUT2D eigenvalue weighted by molar-refractivity contribution is 0.238. The summed E-state index contributed by atoms with van der Waals surface area (Å²) >= 11 is 5.98. The van der Waals surface area contributed by atoms with E-state index in [-0.39, 0.29) is 5.75 Å². The Kier molecular flexibility index (Phi) is 5.31. The molecular weight excluding hydrogens is 264 g/mol. The molecule has 0 aromatic heterocycles. The van der Waals surface area contributed by atoms with E-state index in [1.54, 1.807) is 0 Å². The van der Waals surface area contributed by atoms with Gasteiger partial charge in [-0.2, -0.15) is 0 Å². The summed E-state index contributed by atoms with van der Waals surface area (Å²) < 4.78 is 5.11. The summed E-state index contributed by atoms with van der Waals surface area (Å²) in [5.74, 6) is 0.472. The van der Waals surface area contributed by atoms with Crippen molar-refractivity contribution in [3.8, 4) is 11.5 Å². The van der Waals surface area contributed by atoms with Crippen LogP contribution in [-0.4, -0.2) is 49.8 Å². The van der Waals surface area contributed by atoms with Gasteiger partial charge in [-0.1, -0.05) is 11.6 Å². The summed E-state index contributed by atoms with van der Waals surface area (Å²) in [5.41, 5.74) is 1.11. The van der Waals surface area contributed by atoms with Crippen LogP contribution < -0.4 is 10.1 Å². The van der Waals surface area contributed by atoms with E-state index in [0.717, 1.165) is 51.1 Å². The van der Waals surface area contributed by atoms with Crippen LogP contribution >= 0.6 is 11.6 Å². The molecule has 0 radical (unpaired) electrons. The van der Waals surface area contributed by atoms with Crippen LogP contribution in [0.15, 0.2) is 12.1 Å². The van der Waals surface area contributed by atoms with Gasteiger partial charge in [-0.3, -0.25) is 0 Å². The smallest absolute Gasteiger partial charge is 0.176 e. The fraction of sp³-hybridized carbons (Fsp3) is 0.571. The van der Waals surface area contributed by atoms with Gasteiger partial charge in [-0.15, -0.1) is 0 Å². The lowest BCUT2D eigenvalue weighted by atomic mass is 10.1. The molecule has 106 valence electrons. The molecule has 19 heavy (non-hydrogen) atoms. The average Bonchev–Trinajstić information content (AvgIpc) is 2.43. The standard InChI is InChI=1S/C14H21ClN2O2/c1-19-13-10-11(9-12(15)14(13)18)3-2-6-17-7-4-16-5-8-17/h9-10,16,18H,2-8H2,1H3. The number of rotatable bonds is 5. The van der Waals surface area contributed by atoms with Crippen molar-refractivity contribution in [1.82, 2.24) is 10.2 Å². The fourth-order valence-electron chi connectivity index (χ4n) is 2.37. The molecule has 1 aromatic rings. The second-order valence-corrected chi connectivity index (χ2v) is 5.23. The third-order valence-electron chi connectivity index (χ3n) is 3.46. The van der Waals surface area contributed by atoms with Crippen LogP contribution in [0.25, 0.3) is 0 Å². The third kappa shape index (κ3) is 4.00. The van der Waals surface area contributed by atoms with Crippen LogP contribution in [0, 0.1) is 0 Å². The molecule has 0 saturated carbocycles. The van der Waals surface area contributed by atoms with Gasteiger partial charge >= 0.3 is 0 Å². The number of hydrogen-bond acceptors (Lipinski definition) is 4. The number of piperazine rings is 1. The molecule has 1 saturated heterocycles. The highest BCUT2D eigenvalue weighted by molar-refractivity contribution is 6.32. The maximum atomic E-state index is 9.68. The van der Waals surface area contributed by atoms with Gasteiger partial charge in [0.25, 0.3) is 0 Å². The summed E-state index contributed by atoms with van der Waals surface area (Å²) in [5, 5.41) is 13.4. The minimum Gasteiger partial charge on any atom is -0.503 e. The highest BCUT2D eigenvalue weighted by Gasteiger charge is 2.11. The molecule has 4 nitrogen and oxygen atoms in total. The molecule has 1 heterocycles. The first kappa shape index (κ1) is 14.4. The summed E-state index contributed by atoms with van der Waals surface area (Å²) in [6.07, 6.45) is 2.03. The number of nitrogens with one attached hydrogen (secondary N) is 1. The Balaban J connectivity index is 1.86. The van der Waals surface area contributed by atoms with E-state index in [1.807, 2.05) is 12.1 Å². The summed E-state index contributed by atoms with van der Waals surface area (Å²) in [6.45, 7) is 5.51. The molecule has 2 N–H and O–H groups in total. The Morgan fingerprint density at radius 3 is 2.79 bits per heavy atom. The maximum absolute atomic E-state index is 9.68. The first-order chi connectivity index (χ1) is 9.20.